The summed E-state index contributed by atoms with van der Waals surface area (Å²) in [6.07, 6.45) is 6.86. The lowest BCUT2D eigenvalue weighted by Gasteiger charge is -2.35. The molecule has 0 spiro atoms. The number of phenols is 1. The molecule has 1 saturated heterocycles. The Labute approximate surface area is 203 Å². The zero-order chi connectivity index (χ0) is 23.5. The van der Waals surface area contributed by atoms with E-state index in [1.54, 1.807) is 24.4 Å². The minimum Gasteiger partial charge on any atom is -0.507 e. The van der Waals surface area contributed by atoms with E-state index in [9.17, 15) is 14.7 Å². The average Bonchev–Trinajstić information content (AvgIpc) is 3.04. The number of hydrogen-bond donors (Lipinski definition) is 2. The zero-order valence-electron chi connectivity index (χ0n) is 19.0. The van der Waals surface area contributed by atoms with Crippen molar-refractivity contribution >= 4 is 34.0 Å². The SMILES string of the molecule is O=C(Nc1sc2c(c1C(=O)N1CCN(c3ccccn3)CC1)CCCCC2)c1ccccc1O. The van der Waals surface area contributed by atoms with Gasteiger partial charge in [-0.05, 0) is 55.5 Å². The lowest BCUT2D eigenvalue weighted by molar-refractivity contribution is 0.0747. The summed E-state index contributed by atoms with van der Waals surface area (Å²) < 4.78 is 0. The molecule has 8 heteroatoms. The second-order valence-electron chi connectivity index (χ2n) is 8.71. The third-order valence-electron chi connectivity index (χ3n) is 6.55. The number of benzene rings is 1. The maximum Gasteiger partial charge on any atom is 0.260 e. The number of para-hydroxylation sites is 1. The van der Waals surface area contributed by atoms with Crippen LogP contribution in [-0.2, 0) is 12.8 Å². The molecule has 2 N–H and O–H groups in total. The largest absolute Gasteiger partial charge is 0.507 e. The van der Waals surface area contributed by atoms with E-state index in [1.165, 1.54) is 22.3 Å². The van der Waals surface area contributed by atoms with E-state index in [4.69, 9.17) is 0 Å². The van der Waals surface area contributed by atoms with Crippen molar-refractivity contribution in [2.24, 2.45) is 0 Å². The molecule has 3 aromatic rings. The summed E-state index contributed by atoms with van der Waals surface area (Å²) in [6, 6.07) is 12.3. The Morgan fingerprint density at radius 1 is 0.941 bits per heavy atom. The van der Waals surface area contributed by atoms with Crippen LogP contribution in [0.5, 0.6) is 5.75 Å². The Morgan fingerprint density at radius 2 is 1.71 bits per heavy atom. The maximum absolute atomic E-state index is 13.8. The van der Waals surface area contributed by atoms with Gasteiger partial charge in [0, 0.05) is 37.3 Å². The van der Waals surface area contributed by atoms with Crippen LogP contribution in [0.1, 0.15) is 50.4 Å². The van der Waals surface area contributed by atoms with Gasteiger partial charge in [0.15, 0.2) is 0 Å². The molecule has 1 aromatic carbocycles. The molecular weight excluding hydrogens is 448 g/mol. The van der Waals surface area contributed by atoms with Gasteiger partial charge in [0.05, 0.1) is 11.1 Å². The minimum atomic E-state index is -0.400. The first kappa shape index (κ1) is 22.4. The lowest BCUT2D eigenvalue weighted by atomic mass is 10.0. The van der Waals surface area contributed by atoms with Crippen molar-refractivity contribution in [1.29, 1.82) is 0 Å². The van der Waals surface area contributed by atoms with E-state index < -0.39 is 5.91 Å². The Balaban J connectivity index is 1.40. The zero-order valence-corrected chi connectivity index (χ0v) is 19.8. The minimum absolute atomic E-state index is 0.0207. The van der Waals surface area contributed by atoms with Crippen molar-refractivity contribution in [2.75, 3.05) is 36.4 Å². The van der Waals surface area contributed by atoms with Crippen LogP contribution in [0.4, 0.5) is 10.8 Å². The molecule has 34 heavy (non-hydrogen) atoms. The molecule has 7 nitrogen and oxygen atoms in total. The van der Waals surface area contributed by atoms with Crippen molar-refractivity contribution in [2.45, 2.75) is 32.1 Å². The second-order valence-corrected chi connectivity index (χ2v) is 9.81. The number of pyridine rings is 1. The Bertz CT molecular complexity index is 1190. The van der Waals surface area contributed by atoms with Gasteiger partial charge >= 0.3 is 0 Å². The number of rotatable bonds is 4. The number of nitrogens with zero attached hydrogens (tertiary/aromatic N) is 3. The van der Waals surface area contributed by atoms with E-state index in [-0.39, 0.29) is 17.2 Å². The van der Waals surface area contributed by atoms with Crippen LogP contribution in [0, 0.1) is 0 Å². The summed E-state index contributed by atoms with van der Waals surface area (Å²) in [7, 11) is 0. The Hall–Kier alpha value is -3.39. The molecule has 1 fully saturated rings. The molecule has 0 bridgehead atoms. The molecule has 2 aromatic heterocycles. The van der Waals surface area contributed by atoms with Crippen molar-refractivity contribution in [1.82, 2.24) is 9.88 Å². The lowest BCUT2D eigenvalue weighted by Crippen LogP contribution is -2.49. The van der Waals surface area contributed by atoms with E-state index in [0.717, 1.165) is 43.5 Å². The quantitative estimate of drug-likeness (QED) is 0.548. The van der Waals surface area contributed by atoms with Gasteiger partial charge in [0.1, 0.15) is 16.6 Å². The van der Waals surface area contributed by atoms with Gasteiger partial charge in [0.25, 0.3) is 11.8 Å². The molecule has 1 aliphatic carbocycles. The van der Waals surface area contributed by atoms with Crippen LogP contribution >= 0.6 is 11.3 Å². The van der Waals surface area contributed by atoms with E-state index in [2.05, 4.69) is 15.2 Å². The predicted molar refractivity (Wildman–Crippen MR) is 134 cm³/mol. The molecule has 3 heterocycles. The van der Waals surface area contributed by atoms with Crippen LogP contribution in [-0.4, -0.2) is 53.0 Å². The van der Waals surface area contributed by atoms with Gasteiger partial charge in [0.2, 0.25) is 0 Å². The first-order chi connectivity index (χ1) is 16.6. The van der Waals surface area contributed by atoms with Gasteiger partial charge in [-0.1, -0.05) is 24.6 Å². The monoisotopic (exact) mass is 476 g/mol. The summed E-state index contributed by atoms with van der Waals surface area (Å²) >= 11 is 1.51. The number of aromatic hydroxyl groups is 1. The van der Waals surface area contributed by atoms with Crippen molar-refractivity contribution in [3.05, 3.63) is 70.2 Å². The standard InChI is InChI=1S/C26H28N4O3S/c31-20-10-5-4-8-18(20)24(32)28-25-23(19-9-2-1-3-11-21(19)34-25)26(33)30-16-14-29(15-17-30)22-12-6-7-13-27-22/h4-8,10,12-13,31H,1-3,9,11,14-17H2,(H,28,32). The molecule has 0 saturated carbocycles. The maximum atomic E-state index is 13.8. The summed E-state index contributed by atoms with van der Waals surface area (Å²) in [5, 5.41) is 13.7. The Morgan fingerprint density at radius 3 is 2.47 bits per heavy atom. The predicted octanol–water partition coefficient (Wildman–Crippen LogP) is 4.33. The number of amides is 2. The number of fused-ring (bicyclic) bond motifs is 1. The van der Waals surface area contributed by atoms with Crippen LogP contribution in [0.3, 0.4) is 0 Å². The number of aryl methyl sites for hydroxylation is 1. The average molecular weight is 477 g/mol. The van der Waals surface area contributed by atoms with Crippen molar-refractivity contribution in [3.63, 3.8) is 0 Å². The molecule has 1 aliphatic heterocycles. The first-order valence-electron chi connectivity index (χ1n) is 11.8. The topological polar surface area (TPSA) is 85.8 Å². The van der Waals surface area contributed by atoms with Gasteiger partial charge in [-0.25, -0.2) is 4.98 Å². The third-order valence-corrected chi connectivity index (χ3v) is 7.76. The highest BCUT2D eigenvalue weighted by Gasteiger charge is 2.31. The van der Waals surface area contributed by atoms with Crippen LogP contribution in [0.2, 0.25) is 0 Å². The van der Waals surface area contributed by atoms with Gasteiger partial charge in [-0.15, -0.1) is 11.3 Å². The van der Waals surface area contributed by atoms with Gasteiger partial charge < -0.3 is 20.2 Å². The van der Waals surface area contributed by atoms with Gasteiger partial charge in [-0.2, -0.15) is 0 Å². The van der Waals surface area contributed by atoms with Crippen molar-refractivity contribution < 1.29 is 14.7 Å². The Kier molecular flexibility index (Phi) is 6.49. The summed E-state index contributed by atoms with van der Waals surface area (Å²) in [6.45, 7) is 2.64. The van der Waals surface area contributed by atoms with Crippen LogP contribution < -0.4 is 10.2 Å². The molecular formula is C26H28N4O3S. The fourth-order valence-electron chi connectivity index (χ4n) is 4.73. The molecule has 5 rings (SSSR count). The molecule has 0 atom stereocenters. The highest BCUT2D eigenvalue weighted by Crippen LogP contribution is 2.39. The number of anilines is 2. The highest BCUT2D eigenvalue weighted by atomic mass is 32.1. The number of nitrogens with one attached hydrogen (secondary N) is 1. The van der Waals surface area contributed by atoms with Crippen LogP contribution in [0.25, 0.3) is 0 Å². The summed E-state index contributed by atoms with van der Waals surface area (Å²) in [5.74, 6) is 0.433. The summed E-state index contributed by atoms with van der Waals surface area (Å²) in [4.78, 5) is 36.5. The summed E-state index contributed by atoms with van der Waals surface area (Å²) in [5.41, 5.74) is 1.93. The number of phenolic OH excluding ortho intramolecular Hbond substituents is 1. The molecule has 176 valence electrons. The highest BCUT2D eigenvalue weighted by molar-refractivity contribution is 7.17. The number of aromatic nitrogens is 1. The smallest absolute Gasteiger partial charge is 0.260 e. The number of piperazine rings is 1. The molecule has 0 unspecified atom stereocenters. The van der Waals surface area contributed by atoms with Crippen LogP contribution in [0.15, 0.2) is 48.7 Å². The fraction of sp³-hybridized carbons (Fsp3) is 0.346. The van der Waals surface area contributed by atoms with E-state index >= 15 is 0 Å². The van der Waals surface area contributed by atoms with E-state index in [1.807, 2.05) is 23.1 Å². The molecule has 2 aliphatic rings. The van der Waals surface area contributed by atoms with Crippen molar-refractivity contribution in [3.8, 4) is 5.75 Å². The third kappa shape index (κ3) is 4.50. The molecule has 2 amide bonds. The number of carbonyl (C=O) groups excluding carboxylic acids is 2. The fourth-order valence-corrected chi connectivity index (χ4v) is 6.01. The number of thiophene rings is 1. The van der Waals surface area contributed by atoms with E-state index in [0.29, 0.717) is 36.7 Å². The number of carbonyl (C=O) groups is 2. The second kappa shape index (κ2) is 9.85. The van der Waals surface area contributed by atoms with Gasteiger partial charge in [-0.3, -0.25) is 9.59 Å². The normalized spacial score (nSPS) is 16.0. The molecule has 0 radical (unpaired) electrons. The first-order valence-corrected chi connectivity index (χ1v) is 12.6. The number of hydrogen-bond acceptors (Lipinski definition) is 6.